The molecule has 0 bridgehead atoms. The van der Waals surface area contributed by atoms with Crippen LogP contribution < -0.4 is 21.5 Å². The first kappa shape index (κ1) is 12.1. The van der Waals surface area contributed by atoms with E-state index in [1.54, 1.807) is 30.5 Å². The number of nitrogens with one attached hydrogen (secondary N) is 1. The van der Waals surface area contributed by atoms with Crippen LogP contribution in [0.4, 0.5) is 11.8 Å². The molecule has 0 aliphatic rings. The predicted octanol–water partition coefficient (Wildman–Crippen LogP) is -0.794. The van der Waals surface area contributed by atoms with Crippen LogP contribution in [0.3, 0.4) is 0 Å². The molecule has 2 heterocycles. The van der Waals surface area contributed by atoms with Crippen molar-refractivity contribution >= 4 is 11.8 Å². The predicted molar refractivity (Wildman–Crippen MR) is 64.8 cm³/mol. The normalized spacial score (nSPS) is 10.2. The first-order valence-corrected chi connectivity index (χ1v) is 5.14. The van der Waals surface area contributed by atoms with Crippen molar-refractivity contribution in [1.82, 2.24) is 30.7 Å². The Balaban J connectivity index is 2.29. The summed E-state index contributed by atoms with van der Waals surface area (Å²) in [7, 11) is 1.73. The van der Waals surface area contributed by atoms with E-state index in [0.717, 1.165) is 5.69 Å². The van der Waals surface area contributed by atoms with Crippen molar-refractivity contribution in [2.24, 2.45) is 5.84 Å². The van der Waals surface area contributed by atoms with Crippen LogP contribution in [0.2, 0.25) is 0 Å². The Labute approximate surface area is 104 Å². The highest BCUT2D eigenvalue weighted by Gasteiger charge is 2.16. The summed E-state index contributed by atoms with van der Waals surface area (Å²) >= 11 is 0. The van der Waals surface area contributed by atoms with Crippen LogP contribution in [-0.4, -0.2) is 32.2 Å². The molecule has 0 saturated heterocycles. The van der Waals surface area contributed by atoms with Crippen molar-refractivity contribution in [3.63, 3.8) is 0 Å². The zero-order valence-corrected chi connectivity index (χ0v) is 10.0. The van der Waals surface area contributed by atoms with Crippen molar-refractivity contribution < 1.29 is 0 Å². The number of nitrogens with zero attached hydrogens (tertiary/aromatic N) is 7. The van der Waals surface area contributed by atoms with Crippen molar-refractivity contribution in [2.75, 3.05) is 17.2 Å². The Bertz CT molecular complexity index is 502. The van der Waals surface area contributed by atoms with Crippen molar-refractivity contribution in [3.8, 4) is 0 Å². The molecule has 0 spiro atoms. The largest absolute Gasteiger partial charge is 0.261 e. The fourth-order valence-corrected chi connectivity index (χ4v) is 1.31. The van der Waals surface area contributed by atoms with Gasteiger partial charge in [-0.15, -0.1) is 15.7 Å². The molecule has 2 aromatic heterocycles. The van der Waals surface area contributed by atoms with E-state index < -0.39 is 0 Å². The highest BCUT2D eigenvalue weighted by Crippen LogP contribution is 2.11. The van der Waals surface area contributed by atoms with Gasteiger partial charge in [0.1, 0.15) is 6.33 Å². The Kier molecular flexibility index (Phi) is 3.55. The molecule has 0 atom stereocenters. The molecule has 0 fully saturated rings. The fourth-order valence-electron chi connectivity index (χ4n) is 1.31. The zero-order chi connectivity index (χ0) is 13.0. The third kappa shape index (κ3) is 2.47. The van der Waals surface area contributed by atoms with Crippen LogP contribution in [0.15, 0.2) is 24.8 Å². The van der Waals surface area contributed by atoms with Gasteiger partial charge in [0, 0.05) is 18.9 Å². The number of hydrazine groups is 3. The Morgan fingerprint density at radius 1 is 1.39 bits per heavy atom. The number of anilines is 2. The third-order valence-electron chi connectivity index (χ3n) is 2.19. The van der Waals surface area contributed by atoms with E-state index in [2.05, 4.69) is 30.7 Å². The molecule has 18 heavy (non-hydrogen) atoms. The molecular formula is C9H13N9. The minimum atomic E-state index is 0.394. The third-order valence-corrected chi connectivity index (χ3v) is 2.19. The number of aromatic nitrogens is 5. The first-order chi connectivity index (χ1) is 8.72. The van der Waals surface area contributed by atoms with Crippen LogP contribution in [-0.2, 0) is 0 Å². The minimum absolute atomic E-state index is 0.394. The Morgan fingerprint density at radius 2 is 2.22 bits per heavy atom. The summed E-state index contributed by atoms with van der Waals surface area (Å²) in [6.45, 7) is 1.86. The highest BCUT2D eigenvalue weighted by atomic mass is 15.9. The molecule has 0 aliphatic heterocycles. The van der Waals surface area contributed by atoms with Gasteiger partial charge in [-0.05, 0) is 13.0 Å². The number of nitrogens with two attached hydrogens (primary N) is 1. The van der Waals surface area contributed by atoms with Gasteiger partial charge in [0.2, 0.25) is 0 Å². The van der Waals surface area contributed by atoms with Gasteiger partial charge >= 0.3 is 0 Å². The molecule has 0 radical (unpaired) electrons. The number of hydrogen-bond acceptors (Lipinski definition) is 9. The standard InChI is InChI=1S/C9H13N9/c1-7-3-4-12-9(14-7)18(16-10)17(2)8-5-11-6-13-15-8/h3-6,16H,10H2,1-2H3. The maximum Gasteiger partial charge on any atom is 0.261 e. The molecule has 9 heteroatoms. The van der Waals surface area contributed by atoms with E-state index in [-0.39, 0.29) is 0 Å². The molecule has 2 rings (SSSR count). The summed E-state index contributed by atoms with van der Waals surface area (Å²) in [4.78, 5) is 12.3. The average Bonchev–Trinajstić information content (AvgIpc) is 2.40. The molecule has 0 saturated carbocycles. The Hall–Kier alpha value is -2.39. The molecule has 0 unspecified atom stereocenters. The van der Waals surface area contributed by atoms with Gasteiger partial charge in [0.15, 0.2) is 5.82 Å². The topological polar surface area (TPSA) is 109 Å². The molecular weight excluding hydrogens is 234 g/mol. The second-order valence-corrected chi connectivity index (χ2v) is 3.43. The van der Waals surface area contributed by atoms with Crippen LogP contribution >= 0.6 is 0 Å². The van der Waals surface area contributed by atoms with Gasteiger partial charge in [-0.1, -0.05) is 0 Å². The van der Waals surface area contributed by atoms with Crippen molar-refractivity contribution in [2.45, 2.75) is 6.92 Å². The monoisotopic (exact) mass is 247 g/mol. The molecule has 0 aliphatic carbocycles. The van der Waals surface area contributed by atoms with Crippen molar-refractivity contribution in [3.05, 3.63) is 30.5 Å². The van der Waals surface area contributed by atoms with Gasteiger partial charge in [0.05, 0.1) is 6.20 Å². The molecule has 94 valence electrons. The lowest BCUT2D eigenvalue weighted by Crippen LogP contribution is -2.54. The van der Waals surface area contributed by atoms with Gasteiger partial charge in [0.25, 0.3) is 5.95 Å². The summed E-state index contributed by atoms with van der Waals surface area (Å²) < 4.78 is 0. The van der Waals surface area contributed by atoms with E-state index in [0.29, 0.717) is 11.8 Å². The molecule has 2 aromatic rings. The lowest BCUT2D eigenvalue weighted by molar-refractivity contribution is 0.612. The van der Waals surface area contributed by atoms with Crippen LogP contribution in [0.25, 0.3) is 0 Å². The van der Waals surface area contributed by atoms with Crippen LogP contribution in [0.1, 0.15) is 5.69 Å². The summed E-state index contributed by atoms with van der Waals surface area (Å²) in [5.74, 6) is 6.37. The highest BCUT2D eigenvalue weighted by molar-refractivity contribution is 5.43. The van der Waals surface area contributed by atoms with Gasteiger partial charge in [-0.25, -0.2) is 20.0 Å². The van der Waals surface area contributed by atoms with Crippen LogP contribution in [0.5, 0.6) is 0 Å². The molecule has 0 aromatic carbocycles. The van der Waals surface area contributed by atoms with Crippen molar-refractivity contribution in [1.29, 1.82) is 0 Å². The van der Waals surface area contributed by atoms with E-state index in [1.165, 1.54) is 11.4 Å². The maximum atomic E-state index is 5.48. The summed E-state index contributed by atoms with van der Waals surface area (Å²) in [6, 6.07) is 1.79. The number of aryl methyl sites for hydroxylation is 1. The fraction of sp³-hybridized carbons (Fsp3) is 0.222. The molecule has 3 N–H and O–H groups in total. The van der Waals surface area contributed by atoms with Crippen LogP contribution in [0, 0.1) is 6.92 Å². The van der Waals surface area contributed by atoms with Gasteiger partial charge in [-0.2, -0.15) is 5.12 Å². The molecule has 0 amide bonds. The SMILES string of the molecule is Cc1ccnc(N(NN)N(C)c2cncnn2)n1. The lowest BCUT2D eigenvalue weighted by Gasteiger charge is -2.29. The summed E-state index contributed by atoms with van der Waals surface area (Å²) in [5.41, 5.74) is 3.31. The summed E-state index contributed by atoms with van der Waals surface area (Å²) in [6.07, 6.45) is 4.54. The molecule has 9 nitrogen and oxygen atoms in total. The summed E-state index contributed by atoms with van der Waals surface area (Å²) in [5, 5.41) is 10.6. The van der Waals surface area contributed by atoms with Gasteiger partial charge < -0.3 is 0 Å². The zero-order valence-electron chi connectivity index (χ0n) is 10.0. The smallest absolute Gasteiger partial charge is 0.252 e. The van der Waals surface area contributed by atoms with E-state index in [4.69, 9.17) is 5.84 Å². The lowest BCUT2D eigenvalue weighted by atomic mass is 10.5. The van der Waals surface area contributed by atoms with Gasteiger partial charge in [-0.3, -0.25) is 5.84 Å². The maximum absolute atomic E-state index is 5.48. The van der Waals surface area contributed by atoms with E-state index in [9.17, 15) is 0 Å². The second kappa shape index (κ2) is 5.29. The first-order valence-electron chi connectivity index (χ1n) is 5.14. The quantitative estimate of drug-likeness (QED) is 0.530. The van der Waals surface area contributed by atoms with E-state index in [1.807, 2.05) is 6.92 Å². The minimum Gasteiger partial charge on any atom is -0.252 e. The second-order valence-electron chi connectivity index (χ2n) is 3.43. The van der Waals surface area contributed by atoms with E-state index >= 15 is 0 Å². The average molecular weight is 247 g/mol. The number of rotatable bonds is 4. The Morgan fingerprint density at radius 3 is 2.83 bits per heavy atom. The number of hydrogen-bond donors (Lipinski definition) is 2.